The van der Waals surface area contributed by atoms with Gasteiger partial charge in [-0.2, -0.15) is 0 Å². The summed E-state index contributed by atoms with van der Waals surface area (Å²) in [4.78, 5) is 12.4. The largest absolute Gasteiger partial charge is 0.350 e. The van der Waals surface area contributed by atoms with Gasteiger partial charge < -0.3 is 4.52 Å². The summed E-state index contributed by atoms with van der Waals surface area (Å²) < 4.78 is 32.0. The zero-order valence-corrected chi connectivity index (χ0v) is 15.6. The number of nitrogens with one attached hydrogen (secondary N) is 3. The summed E-state index contributed by atoms with van der Waals surface area (Å²) in [6.45, 7) is 0. The van der Waals surface area contributed by atoms with Crippen molar-refractivity contribution in [3.05, 3.63) is 66.4 Å². The SMILES string of the molecule is O=C(NNc1ccc(S(=O)(=O)NC2CC2)cc1)c1cc(-c2ccccc2)no1. The van der Waals surface area contributed by atoms with Crippen molar-refractivity contribution in [3.63, 3.8) is 0 Å². The molecule has 2 aromatic carbocycles. The Morgan fingerprint density at radius 3 is 2.43 bits per heavy atom. The number of sulfonamides is 1. The third kappa shape index (κ3) is 4.21. The zero-order chi connectivity index (χ0) is 19.6. The van der Waals surface area contributed by atoms with Gasteiger partial charge in [0.2, 0.25) is 15.8 Å². The molecule has 28 heavy (non-hydrogen) atoms. The van der Waals surface area contributed by atoms with Gasteiger partial charge >= 0.3 is 5.91 Å². The number of rotatable bonds is 7. The van der Waals surface area contributed by atoms with E-state index in [1.807, 2.05) is 30.3 Å². The normalized spacial score (nSPS) is 13.9. The van der Waals surface area contributed by atoms with Crippen molar-refractivity contribution in [2.24, 2.45) is 0 Å². The molecule has 1 aliphatic rings. The highest BCUT2D eigenvalue weighted by atomic mass is 32.2. The summed E-state index contributed by atoms with van der Waals surface area (Å²) in [5.74, 6) is -0.444. The van der Waals surface area contributed by atoms with Crippen LogP contribution in [-0.4, -0.2) is 25.5 Å². The lowest BCUT2D eigenvalue weighted by Crippen LogP contribution is -2.29. The van der Waals surface area contributed by atoms with Gasteiger partial charge in [-0.25, -0.2) is 13.1 Å². The molecule has 0 bridgehead atoms. The van der Waals surface area contributed by atoms with Crippen molar-refractivity contribution >= 4 is 21.6 Å². The number of amides is 1. The van der Waals surface area contributed by atoms with Gasteiger partial charge in [0, 0.05) is 17.7 Å². The molecule has 0 aliphatic heterocycles. The quantitative estimate of drug-likeness (QED) is 0.527. The number of hydrogen-bond acceptors (Lipinski definition) is 6. The number of anilines is 1. The molecular weight excluding hydrogens is 380 g/mol. The molecule has 0 spiro atoms. The average molecular weight is 398 g/mol. The molecule has 4 rings (SSSR count). The van der Waals surface area contributed by atoms with Crippen molar-refractivity contribution in [1.82, 2.24) is 15.3 Å². The van der Waals surface area contributed by atoms with Gasteiger partial charge in [0.25, 0.3) is 0 Å². The molecule has 1 aliphatic carbocycles. The molecule has 1 heterocycles. The molecule has 0 saturated heterocycles. The molecule has 8 nitrogen and oxygen atoms in total. The standard InChI is InChI=1S/C19H18N4O4S/c24-19(18-12-17(22-27-18)13-4-2-1-3-5-13)21-20-14-8-10-16(11-9-14)28(25,26)23-15-6-7-15/h1-5,8-12,15,20,23H,6-7H2,(H,21,24). The number of nitrogens with zero attached hydrogens (tertiary/aromatic N) is 1. The van der Waals surface area contributed by atoms with Crippen molar-refractivity contribution in [3.8, 4) is 11.3 Å². The lowest BCUT2D eigenvalue weighted by atomic mass is 10.1. The van der Waals surface area contributed by atoms with Gasteiger partial charge in [-0.1, -0.05) is 35.5 Å². The van der Waals surface area contributed by atoms with Crippen LogP contribution in [0.3, 0.4) is 0 Å². The van der Waals surface area contributed by atoms with E-state index in [1.165, 1.54) is 12.1 Å². The van der Waals surface area contributed by atoms with Gasteiger partial charge in [-0.3, -0.25) is 15.6 Å². The first kappa shape index (κ1) is 18.2. The molecule has 1 fully saturated rings. The van der Waals surface area contributed by atoms with E-state index < -0.39 is 15.9 Å². The van der Waals surface area contributed by atoms with Crippen LogP contribution < -0.4 is 15.6 Å². The lowest BCUT2D eigenvalue weighted by molar-refractivity contribution is 0.0926. The molecule has 1 aromatic heterocycles. The number of carbonyl (C=O) groups is 1. The number of aromatic nitrogens is 1. The Kier molecular flexibility index (Phi) is 4.84. The van der Waals surface area contributed by atoms with Gasteiger partial charge in [-0.05, 0) is 37.1 Å². The maximum Gasteiger partial charge on any atom is 0.308 e. The van der Waals surface area contributed by atoms with Crippen LogP contribution >= 0.6 is 0 Å². The minimum atomic E-state index is -3.50. The van der Waals surface area contributed by atoms with E-state index in [4.69, 9.17) is 4.52 Å². The molecule has 9 heteroatoms. The Morgan fingerprint density at radius 2 is 1.75 bits per heavy atom. The van der Waals surface area contributed by atoms with Crippen LogP contribution in [0.4, 0.5) is 5.69 Å². The second-order valence-corrected chi connectivity index (χ2v) is 8.16. The molecule has 1 saturated carbocycles. The zero-order valence-electron chi connectivity index (χ0n) is 14.8. The van der Waals surface area contributed by atoms with Gasteiger partial charge in [0.05, 0.1) is 10.6 Å². The highest BCUT2D eigenvalue weighted by Crippen LogP contribution is 2.23. The first-order chi connectivity index (χ1) is 13.5. The summed E-state index contributed by atoms with van der Waals surface area (Å²) in [7, 11) is -3.50. The van der Waals surface area contributed by atoms with Crippen LogP contribution in [0.15, 0.2) is 70.1 Å². The van der Waals surface area contributed by atoms with Crippen molar-refractivity contribution < 1.29 is 17.7 Å². The molecule has 0 atom stereocenters. The molecule has 0 unspecified atom stereocenters. The van der Waals surface area contributed by atoms with Gasteiger partial charge in [0.15, 0.2) is 0 Å². The van der Waals surface area contributed by atoms with E-state index in [2.05, 4.69) is 20.7 Å². The summed E-state index contributed by atoms with van der Waals surface area (Å²) >= 11 is 0. The Morgan fingerprint density at radius 1 is 1.04 bits per heavy atom. The van der Waals surface area contributed by atoms with E-state index >= 15 is 0 Å². The topological polar surface area (TPSA) is 113 Å². The van der Waals surface area contributed by atoms with Crippen LogP contribution in [0.5, 0.6) is 0 Å². The Bertz CT molecular complexity index is 1070. The van der Waals surface area contributed by atoms with E-state index in [-0.39, 0.29) is 16.7 Å². The Hall–Kier alpha value is -3.17. The fourth-order valence-corrected chi connectivity index (χ4v) is 3.83. The fourth-order valence-electron chi connectivity index (χ4n) is 2.52. The van der Waals surface area contributed by atoms with Crippen LogP contribution in [0, 0.1) is 0 Å². The van der Waals surface area contributed by atoms with Crippen molar-refractivity contribution in [2.45, 2.75) is 23.8 Å². The molecule has 1 amide bonds. The van der Waals surface area contributed by atoms with Crippen LogP contribution in [0.25, 0.3) is 11.3 Å². The highest BCUT2D eigenvalue weighted by molar-refractivity contribution is 7.89. The summed E-state index contributed by atoms with van der Waals surface area (Å²) in [6.07, 6.45) is 1.75. The second-order valence-electron chi connectivity index (χ2n) is 6.44. The summed E-state index contributed by atoms with van der Waals surface area (Å²) in [5.41, 5.74) is 7.14. The maximum atomic E-state index is 12.2. The lowest BCUT2D eigenvalue weighted by Gasteiger charge is -2.09. The van der Waals surface area contributed by atoms with Crippen molar-refractivity contribution in [1.29, 1.82) is 0 Å². The van der Waals surface area contributed by atoms with Crippen LogP contribution in [0.2, 0.25) is 0 Å². The number of carbonyl (C=O) groups excluding carboxylic acids is 1. The minimum absolute atomic E-state index is 0.0461. The van der Waals surface area contributed by atoms with Crippen molar-refractivity contribution in [2.75, 3.05) is 5.43 Å². The minimum Gasteiger partial charge on any atom is -0.350 e. The van der Waals surface area contributed by atoms with Crippen LogP contribution in [-0.2, 0) is 10.0 Å². The molecule has 3 N–H and O–H groups in total. The van der Waals surface area contributed by atoms with E-state index in [1.54, 1.807) is 18.2 Å². The number of benzene rings is 2. The monoisotopic (exact) mass is 398 g/mol. The number of hydrazine groups is 1. The summed E-state index contributed by atoms with van der Waals surface area (Å²) in [6, 6.07) is 17.0. The predicted octanol–water partition coefficient (Wildman–Crippen LogP) is 2.54. The smallest absolute Gasteiger partial charge is 0.308 e. The van der Waals surface area contributed by atoms with Gasteiger partial charge in [-0.15, -0.1) is 0 Å². The van der Waals surface area contributed by atoms with E-state index in [0.717, 1.165) is 18.4 Å². The first-order valence-corrected chi connectivity index (χ1v) is 10.2. The van der Waals surface area contributed by atoms with Gasteiger partial charge in [0.1, 0.15) is 5.69 Å². The Balaban J connectivity index is 1.36. The second kappa shape index (κ2) is 7.45. The fraction of sp³-hybridized carbons (Fsp3) is 0.158. The first-order valence-electron chi connectivity index (χ1n) is 8.72. The molecular formula is C19H18N4O4S. The molecule has 0 radical (unpaired) electrons. The molecule has 144 valence electrons. The Labute approximate surface area is 162 Å². The molecule has 3 aromatic rings. The number of hydrogen-bond donors (Lipinski definition) is 3. The third-order valence-corrected chi connectivity index (χ3v) is 5.72. The predicted molar refractivity (Wildman–Crippen MR) is 103 cm³/mol. The summed E-state index contributed by atoms with van der Waals surface area (Å²) in [5, 5.41) is 3.89. The highest BCUT2D eigenvalue weighted by Gasteiger charge is 2.27. The average Bonchev–Trinajstić information content (AvgIpc) is 3.37. The maximum absolute atomic E-state index is 12.2. The van der Waals surface area contributed by atoms with Crippen LogP contribution in [0.1, 0.15) is 23.4 Å². The van der Waals surface area contributed by atoms with E-state index in [0.29, 0.717) is 11.4 Å². The third-order valence-electron chi connectivity index (χ3n) is 4.19. The van der Waals surface area contributed by atoms with E-state index in [9.17, 15) is 13.2 Å².